The summed E-state index contributed by atoms with van der Waals surface area (Å²) in [5, 5.41) is 0. The zero-order chi connectivity index (χ0) is 6.57. The van der Waals surface area contributed by atoms with Gasteiger partial charge in [0, 0.05) is 6.92 Å². The minimum atomic E-state index is -0.369. The number of carbonyl (C=O) groups excluding carboxylic acids is 1. The lowest BCUT2D eigenvalue weighted by molar-refractivity contribution is -0.130. The molecule has 0 aromatic rings. The molecule has 0 bridgehead atoms. The van der Waals surface area contributed by atoms with E-state index in [1.807, 2.05) is 0 Å². The summed E-state index contributed by atoms with van der Waals surface area (Å²) in [6.07, 6.45) is 0. The van der Waals surface area contributed by atoms with Gasteiger partial charge in [0.25, 0.3) is 0 Å². The summed E-state index contributed by atoms with van der Waals surface area (Å²) >= 11 is 8.94. The van der Waals surface area contributed by atoms with Crippen LogP contribution in [0.15, 0.2) is 0 Å². The Labute approximate surface area is 62.6 Å². The Morgan fingerprint density at radius 3 is 2.50 bits per heavy atom. The average molecular weight is 168 g/mol. The highest BCUT2D eigenvalue weighted by Gasteiger charge is 1.94. The molecule has 0 spiro atoms. The summed E-state index contributed by atoms with van der Waals surface area (Å²) in [4.78, 5) is 10.0. The van der Waals surface area contributed by atoms with E-state index in [0.717, 1.165) is 12.0 Å². The van der Waals surface area contributed by atoms with Gasteiger partial charge < -0.3 is 4.18 Å². The van der Waals surface area contributed by atoms with E-state index >= 15 is 0 Å². The first kappa shape index (κ1) is 8.26. The molecule has 46 valence electrons. The molecule has 0 fully saturated rings. The van der Waals surface area contributed by atoms with Crippen LogP contribution in [-0.4, -0.2) is 9.50 Å². The lowest BCUT2D eigenvalue weighted by Crippen LogP contribution is -1.89. The van der Waals surface area contributed by atoms with Gasteiger partial charge >= 0.3 is 5.97 Å². The van der Waals surface area contributed by atoms with Crippen molar-refractivity contribution in [1.82, 2.24) is 0 Å². The molecule has 0 saturated heterocycles. The minimum absolute atomic E-state index is 0.306. The van der Waals surface area contributed by atoms with Gasteiger partial charge in [-0.15, -0.1) is 12.6 Å². The maximum atomic E-state index is 10.0. The molecule has 0 unspecified atom stereocenters. The fraction of sp³-hybridized carbons (Fsp3) is 0.333. The van der Waals surface area contributed by atoms with Crippen molar-refractivity contribution < 1.29 is 8.98 Å². The van der Waals surface area contributed by atoms with Crippen LogP contribution >= 0.6 is 36.9 Å². The van der Waals surface area contributed by atoms with Crippen LogP contribution in [0.25, 0.3) is 0 Å². The van der Waals surface area contributed by atoms with Gasteiger partial charge in [0.05, 0.1) is 0 Å². The zero-order valence-corrected chi connectivity index (χ0v) is 6.61. The monoisotopic (exact) mass is 168 g/mol. The molecule has 0 aliphatic carbocycles. The van der Waals surface area contributed by atoms with E-state index in [1.54, 1.807) is 0 Å². The first-order valence-corrected chi connectivity index (χ1v) is 3.30. The fourth-order valence-corrected chi connectivity index (χ4v) is 0.497. The third kappa shape index (κ3) is 6.26. The van der Waals surface area contributed by atoms with E-state index < -0.39 is 0 Å². The Bertz CT molecular complexity index is 97.1. The third-order valence-electron chi connectivity index (χ3n) is 0.230. The van der Waals surface area contributed by atoms with Crippen molar-refractivity contribution in [3.05, 3.63) is 0 Å². The quantitative estimate of drug-likeness (QED) is 0.336. The zero-order valence-electron chi connectivity index (χ0n) is 4.08. The third-order valence-corrected chi connectivity index (χ3v) is 1.12. The van der Waals surface area contributed by atoms with Crippen LogP contribution in [-0.2, 0) is 8.98 Å². The lowest BCUT2D eigenvalue weighted by Gasteiger charge is -1.91. The number of hydrogen-bond acceptors (Lipinski definition) is 4. The second-order valence-corrected chi connectivity index (χ2v) is 3.38. The first-order valence-electron chi connectivity index (χ1n) is 1.71. The van der Waals surface area contributed by atoms with Gasteiger partial charge in [0.2, 0.25) is 0 Å². The van der Waals surface area contributed by atoms with Crippen molar-refractivity contribution in [2.45, 2.75) is 6.92 Å². The summed E-state index contributed by atoms with van der Waals surface area (Å²) in [6, 6.07) is 0. The summed E-state index contributed by atoms with van der Waals surface area (Å²) in [5.41, 5.74) is 0. The number of hydrogen-bond donors (Lipinski definition) is 1. The molecular formula is C3H4O2S3. The van der Waals surface area contributed by atoms with E-state index in [9.17, 15) is 4.79 Å². The largest absolute Gasteiger partial charge is 0.385 e. The van der Waals surface area contributed by atoms with Gasteiger partial charge in [0.1, 0.15) is 15.6 Å². The second kappa shape index (κ2) is 4.17. The molecule has 0 saturated carbocycles. The standard InChI is InChI=1S/C3H4O2S3/c1-2(4)5-8-3(6)7/h1H3,(H,6,7). The van der Waals surface area contributed by atoms with Gasteiger partial charge in [0.15, 0.2) is 0 Å². The van der Waals surface area contributed by atoms with E-state index in [-0.39, 0.29) is 5.97 Å². The molecule has 0 N–H and O–H groups in total. The van der Waals surface area contributed by atoms with Crippen molar-refractivity contribution in [3.63, 3.8) is 0 Å². The smallest absolute Gasteiger partial charge is 0.315 e. The van der Waals surface area contributed by atoms with E-state index in [0.29, 0.717) is 3.53 Å². The average Bonchev–Trinajstić information content (AvgIpc) is 1.61. The van der Waals surface area contributed by atoms with Gasteiger partial charge in [-0.05, 0) is 0 Å². The van der Waals surface area contributed by atoms with Crippen LogP contribution in [0, 0.1) is 0 Å². The molecule has 0 rings (SSSR count). The molecule has 0 atom stereocenters. The maximum Gasteiger partial charge on any atom is 0.315 e. The van der Waals surface area contributed by atoms with Gasteiger partial charge in [-0.25, -0.2) is 0 Å². The SMILES string of the molecule is CC(=O)OSC(=S)S. The van der Waals surface area contributed by atoms with Crippen molar-refractivity contribution in [3.8, 4) is 0 Å². The molecule has 0 heterocycles. The fourth-order valence-electron chi connectivity index (χ4n) is 0.0943. The van der Waals surface area contributed by atoms with Crippen molar-refractivity contribution >= 4 is 46.4 Å². The highest BCUT2D eigenvalue weighted by molar-refractivity contribution is 8.40. The predicted molar refractivity (Wildman–Crippen MR) is 40.9 cm³/mol. The van der Waals surface area contributed by atoms with E-state index in [1.165, 1.54) is 6.92 Å². The molecule has 2 nitrogen and oxygen atoms in total. The van der Waals surface area contributed by atoms with Crippen LogP contribution in [0.5, 0.6) is 0 Å². The Morgan fingerprint density at radius 2 is 2.38 bits per heavy atom. The lowest BCUT2D eigenvalue weighted by atomic mass is 10.9. The Kier molecular flexibility index (Phi) is 4.31. The number of rotatable bonds is 0. The van der Waals surface area contributed by atoms with E-state index in [2.05, 4.69) is 29.0 Å². The molecule has 0 aromatic carbocycles. The number of thiol groups is 1. The maximum absolute atomic E-state index is 10.0. The number of thiocarbonyl (C=S) groups is 1. The van der Waals surface area contributed by atoms with Crippen molar-refractivity contribution in [1.29, 1.82) is 0 Å². The van der Waals surface area contributed by atoms with Crippen LogP contribution in [0.4, 0.5) is 0 Å². The van der Waals surface area contributed by atoms with Crippen molar-refractivity contribution in [2.75, 3.05) is 0 Å². The molecule has 0 aliphatic rings. The van der Waals surface area contributed by atoms with Crippen LogP contribution in [0.1, 0.15) is 6.92 Å². The molecule has 0 aromatic heterocycles. The van der Waals surface area contributed by atoms with E-state index in [4.69, 9.17) is 0 Å². The van der Waals surface area contributed by atoms with Gasteiger partial charge in [-0.2, -0.15) is 0 Å². The van der Waals surface area contributed by atoms with Gasteiger partial charge in [-0.3, -0.25) is 4.79 Å². The van der Waals surface area contributed by atoms with Crippen LogP contribution < -0.4 is 0 Å². The van der Waals surface area contributed by atoms with Crippen molar-refractivity contribution in [2.24, 2.45) is 0 Å². The molecule has 0 aliphatic heterocycles. The highest BCUT2D eigenvalue weighted by Crippen LogP contribution is 2.08. The summed E-state index contributed by atoms with van der Waals surface area (Å²) < 4.78 is 4.67. The highest BCUT2D eigenvalue weighted by atomic mass is 32.2. The normalized spacial score (nSPS) is 8.25. The summed E-state index contributed by atoms with van der Waals surface area (Å²) in [6.45, 7) is 1.30. The van der Waals surface area contributed by atoms with Crippen LogP contribution in [0.2, 0.25) is 0 Å². The Hall–Kier alpha value is 0.260. The molecule has 0 amide bonds. The topological polar surface area (TPSA) is 26.3 Å². The number of carbonyl (C=O) groups is 1. The van der Waals surface area contributed by atoms with Gasteiger partial charge in [-0.1, -0.05) is 12.2 Å². The molecule has 8 heavy (non-hydrogen) atoms. The minimum Gasteiger partial charge on any atom is -0.385 e. The predicted octanol–water partition coefficient (Wildman–Crippen LogP) is 1.41. The second-order valence-electron chi connectivity index (χ2n) is 0.924. The Morgan fingerprint density at radius 1 is 1.88 bits per heavy atom. The molecular weight excluding hydrogens is 164 g/mol. The summed E-state index contributed by atoms with van der Waals surface area (Å²) in [5.74, 6) is -0.369. The van der Waals surface area contributed by atoms with Crippen LogP contribution in [0.3, 0.4) is 0 Å². The first-order chi connectivity index (χ1) is 3.63. The summed E-state index contributed by atoms with van der Waals surface area (Å²) in [7, 11) is 0. The molecule has 5 heteroatoms. The Balaban J connectivity index is 3.18. The molecule has 0 radical (unpaired) electrons.